The second-order valence-electron chi connectivity index (χ2n) is 9.27. The van der Waals surface area contributed by atoms with E-state index in [1.807, 2.05) is 0 Å². The summed E-state index contributed by atoms with van der Waals surface area (Å²) < 4.78 is 0. The Kier molecular flexibility index (Phi) is 21.8. The van der Waals surface area contributed by atoms with Crippen LogP contribution in [0, 0.1) is 0 Å². The van der Waals surface area contributed by atoms with Crippen LogP contribution in [0.4, 0.5) is 0 Å². The molecule has 0 aliphatic heterocycles. The molecule has 172 valence electrons. The van der Waals surface area contributed by atoms with E-state index in [1.54, 1.807) is 0 Å². The molecule has 0 spiro atoms. The van der Waals surface area contributed by atoms with Gasteiger partial charge in [-0.05, 0) is 25.7 Å². The summed E-state index contributed by atoms with van der Waals surface area (Å²) in [5, 5.41) is 0. The van der Waals surface area contributed by atoms with Gasteiger partial charge in [-0.3, -0.25) is 0 Å². The number of rotatable bonds is 0. The molecule has 0 fully saturated rings. The van der Waals surface area contributed by atoms with Gasteiger partial charge in [-0.1, -0.05) is 164 Å². The molecule has 0 amide bonds. The van der Waals surface area contributed by atoms with Gasteiger partial charge in [0, 0.05) is 0 Å². The highest BCUT2D eigenvalue weighted by Gasteiger charge is 1.95. The Balaban J connectivity index is 2.15. The molecule has 0 heteroatoms. The van der Waals surface area contributed by atoms with Gasteiger partial charge in [0.2, 0.25) is 0 Å². The molecule has 0 aromatic heterocycles. The van der Waals surface area contributed by atoms with Crippen LogP contribution in [0.1, 0.15) is 141 Å². The van der Waals surface area contributed by atoms with E-state index in [9.17, 15) is 0 Å². The first kappa shape index (κ1) is 27.0. The lowest BCUT2D eigenvalue weighted by Crippen LogP contribution is -1.84. The number of hydrogen-bond acceptors (Lipinski definition) is 0. The average molecular weight is 413 g/mol. The topological polar surface area (TPSA) is 0 Å². The highest BCUT2D eigenvalue weighted by atomic mass is 14.0. The molecule has 0 saturated carbocycles. The van der Waals surface area contributed by atoms with Crippen molar-refractivity contribution in [3.8, 4) is 0 Å². The summed E-state index contributed by atoms with van der Waals surface area (Å²) in [7, 11) is 0. The van der Waals surface area contributed by atoms with Crippen LogP contribution in [0.5, 0.6) is 0 Å². The fraction of sp³-hybridized carbons (Fsp3) is 0.733. The van der Waals surface area contributed by atoms with Gasteiger partial charge in [-0.25, -0.2) is 0 Å². The lowest BCUT2D eigenvalue weighted by Gasteiger charge is -2.04. The van der Waals surface area contributed by atoms with Gasteiger partial charge < -0.3 is 0 Å². The lowest BCUT2D eigenvalue weighted by molar-refractivity contribution is 0.521. The van der Waals surface area contributed by atoms with Crippen LogP contribution in [-0.4, -0.2) is 0 Å². The van der Waals surface area contributed by atoms with Crippen molar-refractivity contribution in [3.63, 3.8) is 0 Å². The van der Waals surface area contributed by atoms with Crippen LogP contribution >= 0.6 is 0 Å². The van der Waals surface area contributed by atoms with E-state index in [2.05, 4.69) is 48.6 Å². The average Bonchev–Trinajstić information content (AvgIpc) is 2.76. The van der Waals surface area contributed by atoms with Crippen molar-refractivity contribution < 1.29 is 0 Å². The van der Waals surface area contributed by atoms with Gasteiger partial charge in [0.05, 0.1) is 0 Å². The maximum absolute atomic E-state index is 2.32. The molecule has 1 aliphatic rings. The van der Waals surface area contributed by atoms with Crippen LogP contribution in [0.2, 0.25) is 0 Å². The molecule has 30 heavy (non-hydrogen) atoms. The highest BCUT2D eigenvalue weighted by Crippen LogP contribution is 2.15. The number of allylic oxidation sites excluding steroid dienone is 8. The predicted molar refractivity (Wildman–Crippen MR) is 138 cm³/mol. The lowest BCUT2D eigenvalue weighted by atomic mass is 10.0. The molecule has 0 heterocycles. The van der Waals surface area contributed by atoms with E-state index in [0.29, 0.717) is 0 Å². The zero-order valence-electron chi connectivity index (χ0n) is 20.2. The summed E-state index contributed by atoms with van der Waals surface area (Å²) in [5.41, 5.74) is 0. The number of hydrogen-bond donors (Lipinski definition) is 0. The molecule has 0 aromatic rings. The molecule has 0 aromatic carbocycles. The smallest absolute Gasteiger partial charge is 0.0348 e. The Morgan fingerprint density at radius 2 is 0.400 bits per heavy atom. The van der Waals surface area contributed by atoms with Crippen LogP contribution in [0.3, 0.4) is 0 Å². The Morgan fingerprint density at radius 3 is 0.667 bits per heavy atom. The largest absolute Gasteiger partial charge is 0.0845 e. The third-order valence-electron chi connectivity index (χ3n) is 6.32. The summed E-state index contributed by atoms with van der Waals surface area (Å²) >= 11 is 0. The van der Waals surface area contributed by atoms with Crippen molar-refractivity contribution in [1.82, 2.24) is 0 Å². The summed E-state index contributed by atoms with van der Waals surface area (Å²) in [4.78, 5) is 0. The first-order valence-electron chi connectivity index (χ1n) is 13.6. The second-order valence-corrected chi connectivity index (χ2v) is 9.27. The normalized spacial score (nSPS) is 21.9. The van der Waals surface area contributed by atoms with E-state index >= 15 is 0 Å². The van der Waals surface area contributed by atoms with E-state index in [1.165, 1.54) is 141 Å². The maximum Gasteiger partial charge on any atom is -0.0348 e. The van der Waals surface area contributed by atoms with Crippen molar-refractivity contribution in [1.29, 1.82) is 0 Å². The fourth-order valence-electron chi connectivity index (χ4n) is 4.31. The van der Waals surface area contributed by atoms with Crippen molar-refractivity contribution in [3.05, 3.63) is 48.6 Å². The standard InChI is InChI=1S/C30H52/c1-2-4-6-8-10-12-14-16-18-20-22-24-26-28-30-29-27-25-23-21-19-17-15-13-11-9-7-5-3-1/h1-8H,9-30H2. The fourth-order valence-corrected chi connectivity index (χ4v) is 4.31. The van der Waals surface area contributed by atoms with Gasteiger partial charge >= 0.3 is 0 Å². The third-order valence-corrected chi connectivity index (χ3v) is 6.32. The molecule has 0 unspecified atom stereocenters. The third kappa shape index (κ3) is 21.7. The molecule has 1 aliphatic carbocycles. The molecule has 0 radical (unpaired) electrons. The van der Waals surface area contributed by atoms with Gasteiger partial charge in [-0.2, -0.15) is 0 Å². The monoisotopic (exact) mass is 412 g/mol. The van der Waals surface area contributed by atoms with Crippen molar-refractivity contribution in [2.45, 2.75) is 141 Å². The van der Waals surface area contributed by atoms with Gasteiger partial charge in [-0.15, -0.1) is 0 Å². The predicted octanol–water partition coefficient (Wildman–Crippen LogP) is 10.8. The molecule has 0 atom stereocenters. The molecular weight excluding hydrogens is 360 g/mol. The van der Waals surface area contributed by atoms with E-state index in [4.69, 9.17) is 0 Å². The van der Waals surface area contributed by atoms with Crippen molar-refractivity contribution >= 4 is 0 Å². The molecule has 0 saturated heterocycles. The minimum absolute atomic E-state index is 1.23. The second kappa shape index (κ2) is 24.2. The molecular formula is C30H52. The van der Waals surface area contributed by atoms with Gasteiger partial charge in [0.15, 0.2) is 0 Å². The minimum atomic E-state index is 1.23. The maximum atomic E-state index is 2.32. The molecule has 0 bridgehead atoms. The van der Waals surface area contributed by atoms with E-state index in [0.717, 1.165) is 0 Å². The Hall–Kier alpha value is -1.04. The van der Waals surface area contributed by atoms with Crippen molar-refractivity contribution in [2.75, 3.05) is 0 Å². The molecule has 0 nitrogen and oxygen atoms in total. The van der Waals surface area contributed by atoms with E-state index in [-0.39, 0.29) is 0 Å². The Morgan fingerprint density at radius 1 is 0.200 bits per heavy atom. The van der Waals surface area contributed by atoms with Gasteiger partial charge in [0.1, 0.15) is 0 Å². The molecule has 0 N–H and O–H groups in total. The van der Waals surface area contributed by atoms with Crippen LogP contribution in [0.15, 0.2) is 48.6 Å². The highest BCUT2D eigenvalue weighted by molar-refractivity contribution is 5.15. The zero-order valence-corrected chi connectivity index (χ0v) is 20.2. The SMILES string of the molecule is C1=CC=CCCCCCCCCCCCCCCCCCCCCCCC=CC=C1. The summed E-state index contributed by atoms with van der Waals surface area (Å²) in [6.07, 6.45) is 49.0. The Bertz CT molecular complexity index is 395. The van der Waals surface area contributed by atoms with Crippen molar-refractivity contribution in [2.24, 2.45) is 0 Å². The summed E-state index contributed by atoms with van der Waals surface area (Å²) in [5.74, 6) is 0. The zero-order chi connectivity index (χ0) is 21.2. The Labute approximate surface area is 190 Å². The minimum Gasteiger partial charge on any atom is -0.0845 e. The van der Waals surface area contributed by atoms with E-state index < -0.39 is 0 Å². The first-order valence-corrected chi connectivity index (χ1v) is 13.6. The van der Waals surface area contributed by atoms with Crippen LogP contribution < -0.4 is 0 Å². The van der Waals surface area contributed by atoms with Crippen LogP contribution in [0.25, 0.3) is 0 Å². The first-order chi connectivity index (χ1) is 15.0. The molecule has 1 rings (SSSR count). The summed E-state index contributed by atoms with van der Waals surface area (Å²) in [6.45, 7) is 0. The quantitative estimate of drug-likeness (QED) is 0.371. The van der Waals surface area contributed by atoms with Crippen LogP contribution in [-0.2, 0) is 0 Å². The van der Waals surface area contributed by atoms with Gasteiger partial charge in [0.25, 0.3) is 0 Å². The summed E-state index contributed by atoms with van der Waals surface area (Å²) in [6, 6.07) is 0.